The molecule has 1 unspecified atom stereocenters. The fourth-order valence-electron chi connectivity index (χ4n) is 1.19. The molecular weight excluding hydrogens is 210 g/mol. The zero-order chi connectivity index (χ0) is 11.3. The molecule has 0 saturated heterocycles. The first kappa shape index (κ1) is 12.6. The fourth-order valence-corrected chi connectivity index (χ4v) is 1.89. The molecule has 1 heterocycles. The molecule has 0 radical (unpaired) electrons. The van der Waals surface area contributed by atoms with Gasteiger partial charge in [0.1, 0.15) is 0 Å². The van der Waals surface area contributed by atoms with Crippen LogP contribution in [0.2, 0.25) is 0 Å². The molecule has 86 valence electrons. The minimum absolute atomic E-state index is 0.131. The van der Waals surface area contributed by atoms with E-state index in [1.165, 1.54) is 0 Å². The van der Waals surface area contributed by atoms with Crippen LogP contribution in [-0.2, 0) is 0 Å². The number of hydrogen-bond acceptors (Lipinski definition) is 4. The first-order valence-electron chi connectivity index (χ1n) is 5.07. The van der Waals surface area contributed by atoms with E-state index >= 15 is 0 Å². The third-order valence-electron chi connectivity index (χ3n) is 2.30. The van der Waals surface area contributed by atoms with Crippen molar-refractivity contribution in [2.45, 2.75) is 20.0 Å². The molecule has 0 aromatic carbocycles. The average molecular weight is 229 g/mol. The second kappa shape index (κ2) is 5.61. The first-order valence-corrected chi connectivity index (χ1v) is 6.01. The maximum Gasteiger partial charge on any atom is 0.0922 e. The van der Waals surface area contributed by atoms with Crippen molar-refractivity contribution in [3.05, 3.63) is 22.4 Å². The van der Waals surface area contributed by atoms with Gasteiger partial charge in [0.05, 0.1) is 6.10 Å². The Balaban J connectivity index is 2.26. The van der Waals surface area contributed by atoms with Gasteiger partial charge in [-0.05, 0) is 22.4 Å². The smallest absolute Gasteiger partial charge is 0.0922 e. The first-order chi connectivity index (χ1) is 7.05. The van der Waals surface area contributed by atoms with Gasteiger partial charge in [-0.1, -0.05) is 13.8 Å². The molecule has 0 fully saturated rings. The van der Waals surface area contributed by atoms with E-state index in [0.29, 0.717) is 13.1 Å². The van der Waals surface area contributed by atoms with Crippen molar-refractivity contribution in [1.29, 1.82) is 0 Å². The van der Waals surface area contributed by atoms with Crippen LogP contribution in [0.4, 0.5) is 0 Å². The fraction of sp³-hybridized carbons (Fsp3) is 0.636. The summed E-state index contributed by atoms with van der Waals surface area (Å²) in [5, 5.41) is 25.9. The van der Waals surface area contributed by atoms with Gasteiger partial charge in [0.2, 0.25) is 0 Å². The summed E-state index contributed by atoms with van der Waals surface area (Å²) in [7, 11) is 0. The second-order valence-electron chi connectivity index (χ2n) is 4.53. The molecule has 0 aliphatic carbocycles. The number of rotatable bonds is 6. The Morgan fingerprint density at radius 2 is 2.27 bits per heavy atom. The van der Waals surface area contributed by atoms with Gasteiger partial charge in [-0.25, -0.2) is 0 Å². The van der Waals surface area contributed by atoms with E-state index in [2.05, 4.69) is 5.32 Å². The van der Waals surface area contributed by atoms with Crippen molar-refractivity contribution >= 4 is 11.3 Å². The zero-order valence-corrected chi connectivity index (χ0v) is 10.0. The minimum atomic E-state index is -0.453. The zero-order valence-electron chi connectivity index (χ0n) is 9.23. The summed E-state index contributed by atoms with van der Waals surface area (Å²) in [5.74, 6) is 0. The van der Waals surface area contributed by atoms with Crippen LogP contribution in [0.25, 0.3) is 0 Å². The van der Waals surface area contributed by atoms with Crippen molar-refractivity contribution < 1.29 is 10.2 Å². The topological polar surface area (TPSA) is 52.5 Å². The highest BCUT2D eigenvalue weighted by Gasteiger charge is 2.16. The van der Waals surface area contributed by atoms with Crippen molar-refractivity contribution in [1.82, 2.24) is 5.32 Å². The molecule has 1 aromatic rings. The summed E-state index contributed by atoms with van der Waals surface area (Å²) in [5.41, 5.74) is 0.822. The van der Waals surface area contributed by atoms with Crippen LogP contribution in [0.5, 0.6) is 0 Å². The average Bonchev–Trinajstić information content (AvgIpc) is 2.70. The summed E-state index contributed by atoms with van der Waals surface area (Å²) in [4.78, 5) is 0. The monoisotopic (exact) mass is 229 g/mol. The van der Waals surface area contributed by atoms with Crippen LogP contribution in [0, 0.1) is 5.41 Å². The summed E-state index contributed by atoms with van der Waals surface area (Å²) in [6.45, 7) is 5.34. The van der Waals surface area contributed by atoms with Crippen LogP contribution in [0.3, 0.4) is 0 Å². The molecular formula is C11H19NO2S. The predicted molar refractivity (Wildman–Crippen MR) is 63.0 cm³/mol. The van der Waals surface area contributed by atoms with Gasteiger partial charge < -0.3 is 15.5 Å². The standard InChI is InChI=1S/C11H19NO2S/c1-11(2,8-13)7-12-5-10(14)9-3-4-15-6-9/h3-4,6,10,12-14H,5,7-8H2,1-2H3. The van der Waals surface area contributed by atoms with E-state index in [-0.39, 0.29) is 12.0 Å². The molecule has 1 atom stereocenters. The Morgan fingerprint density at radius 3 is 2.80 bits per heavy atom. The summed E-state index contributed by atoms with van der Waals surface area (Å²) in [6, 6.07) is 1.92. The van der Waals surface area contributed by atoms with Crippen molar-refractivity contribution in [2.24, 2.45) is 5.41 Å². The third-order valence-corrected chi connectivity index (χ3v) is 3.00. The molecule has 3 nitrogen and oxygen atoms in total. The molecule has 0 aliphatic heterocycles. The van der Waals surface area contributed by atoms with Crippen molar-refractivity contribution in [3.63, 3.8) is 0 Å². The highest BCUT2D eigenvalue weighted by atomic mass is 32.1. The maximum atomic E-state index is 9.76. The number of thiophene rings is 1. The Hall–Kier alpha value is -0.420. The van der Waals surface area contributed by atoms with Gasteiger partial charge in [0, 0.05) is 25.1 Å². The Labute approximate surface area is 94.8 Å². The van der Waals surface area contributed by atoms with Crippen LogP contribution in [0.15, 0.2) is 16.8 Å². The van der Waals surface area contributed by atoms with E-state index < -0.39 is 6.10 Å². The largest absolute Gasteiger partial charge is 0.396 e. The van der Waals surface area contributed by atoms with Crippen LogP contribution in [-0.4, -0.2) is 29.9 Å². The second-order valence-corrected chi connectivity index (χ2v) is 5.31. The SMILES string of the molecule is CC(C)(CO)CNCC(O)c1ccsc1. The van der Waals surface area contributed by atoms with Crippen LogP contribution in [0.1, 0.15) is 25.5 Å². The summed E-state index contributed by atoms with van der Waals surface area (Å²) >= 11 is 1.58. The van der Waals surface area contributed by atoms with Gasteiger partial charge in [-0.15, -0.1) is 0 Å². The molecule has 0 aliphatic rings. The number of hydrogen-bond donors (Lipinski definition) is 3. The lowest BCUT2D eigenvalue weighted by molar-refractivity contribution is 0.138. The molecule has 0 amide bonds. The quantitative estimate of drug-likeness (QED) is 0.691. The minimum Gasteiger partial charge on any atom is -0.396 e. The molecule has 4 heteroatoms. The third kappa shape index (κ3) is 4.30. The number of nitrogens with one attached hydrogen (secondary N) is 1. The number of aliphatic hydroxyl groups is 2. The van der Waals surface area contributed by atoms with E-state index in [1.54, 1.807) is 11.3 Å². The van der Waals surface area contributed by atoms with Gasteiger partial charge >= 0.3 is 0 Å². The summed E-state index contributed by atoms with van der Waals surface area (Å²) in [6.07, 6.45) is -0.453. The van der Waals surface area contributed by atoms with Crippen molar-refractivity contribution in [2.75, 3.05) is 19.7 Å². The van der Waals surface area contributed by atoms with E-state index in [9.17, 15) is 5.11 Å². The van der Waals surface area contributed by atoms with Crippen LogP contribution < -0.4 is 5.32 Å². The lowest BCUT2D eigenvalue weighted by atomic mass is 9.95. The Bertz CT molecular complexity index is 272. The van der Waals surface area contributed by atoms with Gasteiger partial charge in [0.25, 0.3) is 0 Å². The van der Waals surface area contributed by atoms with Crippen molar-refractivity contribution in [3.8, 4) is 0 Å². The Kier molecular flexibility index (Phi) is 4.73. The number of aliphatic hydroxyl groups excluding tert-OH is 2. The summed E-state index contributed by atoms with van der Waals surface area (Å²) < 4.78 is 0. The van der Waals surface area contributed by atoms with E-state index in [1.807, 2.05) is 30.7 Å². The van der Waals surface area contributed by atoms with Gasteiger partial charge in [0.15, 0.2) is 0 Å². The molecule has 1 aromatic heterocycles. The molecule has 0 spiro atoms. The highest BCUT2D eigenvalue weighted by molar-refractivity contribution is 7.07. The molecule has 0 bridgehead atoms. The predicted octanol–water partition coefficient (Wildman–Crippen LogP) is 1.39. The lowest BCUT2D eigenvalue weighted by Crippen LogP contribution is -2.34. The normalized spacial score (nSPS) is 14.1. The van der Waals surface area contributed by atoms with Gasteiger partial charge in [-0.2, -0.15) is 11.3 Å². The lowest BCUT2D eigenvalue weighted by Gasteiger charge is -2.22. The van der Waals surface area contributed by atoms with Gasteiger partial charge in [-0.3, -0.25) is 0 Å². The Morgan fingerprint density at radius 1 is 1.53 bits per heavy atom. The molecule has 0 saturated carbocycles. The van der Waals surface area contributed by atoms with Crippen LogP contribution >= 0.6 is 11.3 Å². The highest BCUT2D eigenvalue weighted by Crippen LogP contribution is 2.16. The molecule has 15 heavy (non-hydrogen) atoms. The maximum absolute atomic E-state index is 9.76. The molecule has 3 N–H and O–H groups in total. The molecule has 1 rings (SSSR count). The van der Waals surface area contributed by atoms with E-state index in [0.717, 1.165) is 5.56 Å². The van der Waals surface area contributed by atoms with E-state index in [4.69, 9.17) is 5.11 Å².